The SMILES string of the molecule is Cc1cc(/C=N/NC(=O)COc2cccc(Cl)c2)c(C)n1-c1ccc(C(C)(C)C)cc1. The number of amides is 1. The number of hydrazone groups is 1. The van der Waals surface area contributed by atoms with E-state index < -0.39 is 0 Å². The molecular formula is C25H28ClN3O2. The second-order valence-corrected chi connectivity index (χ2v) is 8.93. The highest BCUT2D eigenvalue weighted by Gasteiger charge is 2.14. The van der Waals surface area contributed by atoms with E-state index in [2.05, 4.69) is 67.1 Å². The summed E-state index contributed by atoms with van der Waals surface area (Å²) in [4.78, 5) is 12.0. The first kappa shape index (κ1) is 22.6. The molecule has 0 unspecified atom stereocenters. The lowest BCUT2D eigenvalue weighted by Gasteiger charge is -2.20. The van der Waals surface area contributed by atoms with Crippen LogP contribution in [0.1, 0.15) is 43.3 Å². The van der Waals surface area contributed by atoms with E-state index in [9.17, 15) is 4.79 Å². The summed E-state index contributed by atoms with van der Waals surface area (Å²) in [5.74, 6) is 0.190. The number of ether oxygens (including phenoxy) is 1. The highest BCUT2D eigenvalue weighted by atomic mass is 35.5. The zero-order valence-electron chi connectivity index (χ0n) is 18.6. The van der Waals surface area contributed by atoms with Gasteiger partial charge in [0.15, 0.2) is 6.61 Å². The largest absolute Gasteiger partial charge is 0.484 e. The maximum absolute atomic E-state index is 12.0. The number of hydrogen-bond acceptors (Lipinski definition) is 3. The molecule has 1 N–H and O–H groups in total. The molecule has 0 fully saturated rings. The summed E-state index contributed by atoms with van der Waals surface area (Å²) in [7, 11) is 0. The van der Waals surface area contributed by atoms with Gasteiger partial charge in [-0.05, 0) is 61.2 Å². The lowest BCUT2D eigenvalue weighted by atomic mass is 9.87. The Morgan fingerprint density at radius 1 is 1.13 bits per heavy atom. The molecule has 0 aliphatic carbocycles. The first-order valence-electron chi connectivity index (χ1n) is 10.2. The maximum Gasteiger partial charge on any atom is 0.277 e. The van der Waals surface area contributed by atoms with Crippen LogP contribution < -0.4 is 10.2 Å². The number of carbonyl (C=O) groups excluding carboxylic acids is 1. The van der Waals surface area contributed by atoms with Gasteiger partial charge in [0, 0.05) is 27.7 Å². The normalized spacial score (nSPS) is 11.7. The van der Waals surface area contributed by atoms with Crippen molar-refractivity contribution in [2.75, 3.05) is 6.61 Å². The van der Waals surface area contributed by atoms with E-state index in [1.807, 2.05) is 13.0 Å². The fourth-order valence-corrected chi connectivity index (χ4v) is 3.52. The number of nitrogens with one attached hydrogen (secondary N) is 1. The lowest BCUT2D eigenvalue weighted by molar-refractivity contribution is -0.123. The van der Waals surface area contributed by atoms with E-state index in [-0.39, 0.29) is 17.9 Å². The molecule has 2 aromatic carbocycles. The number of rotatable bonds is 6. The van der Waals surface area contributed by atoms with Gasteiger partial charge in [-0.2, -0.15) is 5.10 Å². The number of nitrogens with zero attached hydrogens (tertiary/aromatic N) is 2. The summed E-state index contributed by atoms with van der Waals surface area (Å²) in [6.07, 6.45) is 1.65. The van der Waals surface area contributed by atoms with Crippen LogP contribution in [-0.2, 0) is 10.2 Å². The Hall–Kier alpha value is -3.05. The van der Waals surface area contributed by atoms with Gasteiger partial charge in [0.05, 0.1) is 6.21 Å². The number of halogens is 1. The fraction of sp³-hybridized carbons (Fsp3) is 0.280. The van der Waals surface area contributed by atoms with Crippen LogP contribution in [0, 0.1) is 13.8 Å². The van der Waals surface area contributed by atoms with Crippen LogP contribution in [0.2, 0.25) is 5.02 Å². The second kappa shape index (κ2) is 9.40. The number of benzene rings is 2. The van der Waals surface area contributed by atoms with Gasteiger partial charge in [-0.15, -0.1) is 0 Å². The molecule has 0 saturated heterocycles. The highest BCUT2D eigenvalue weighted by molar-refractivity contribution is 6.30. The van der Waals surface area contributed by atoms with Crippen molar-refractivity contribution in [3.63, 3.8) is 0 Å². The topological polar surface area (TPSA) is 55.6 Å². The molecule has 6 heteroatoms. The van der Waals surface area contributed by atoms with Crippen LogP contribution in [0.15, 0.2) is 59.7 Å². The van der Waals surface area contributed by atoms with Crippen molar-refractivity contribution in [3.8, 4) is 11.4 Å². The second-order valence-electron chi connectivity index (χ2n) is 8.50. The van der Waals surface area contributed by atoms with Crippen LogP contribution in [-0.4, -0.2) is 23.3 Å². The van der Waals surface area contributed by atoms with Crippen molar-refractivity contribution < 1.29 is 9.53 Å². The third-order valence-electron chi connectivity index (χ3n) is 5.02. The number of aromatic nitrogens is 1. The molecule has 3 rings (SSSR count). The Labute approximate surface area is 188 Å². The zero-order valence-corrected chi connectivity index (χ0v) is 19.3. The predicted octanol–water partition coefficient (Wildman–Crippen LogP) is 5.57. The van der Waals surface area contributed by atoms with Crippen molar-refractivity contribution >= 4 is 23.7 Å². The van der Waals surface area contributed by atoms with E-state index in [0.717, 1.165) is 22.6 Å². The van der Waals surface area contributed by atoms with E-state index in [1.54, 1.807) is 30.5 Å². The van der Waals surface area contributed by atoms with Gasteiger partial charge in [-0.3, -0.25) is 4.79 Å². The van der Waals surface area contributed by atoms with Crippen molar-refractivity contribution in [2.24, 2.45) is 5.10 Å². The van der Waals surface area contributed by atoms with Crippen LogP contribution in [0.5, 0.6) is 5.75 Å². The summed E-state index contributed by atoms with van der Waals surface area (Å²) < 4.78 is 7.59. The number of aryl methyl sites for hydroxylation is 1. The van der Waals surface area contributed by atoms with Crippen molar-refractivity contribution in [2.45, 2.75) is 40.0 Å². The average Bonchev–Trinajstić information content (AvgIpc) is 2.99. The third-order valence-corrected chi connectivity index (χ3v) is 5.26. The van der Waals surface area contributed by atoms with Gasteiger partial charge in [-0.25, -0.2) is 5.43 Å². The molecule has 0 atom stereocenters. The summed E-state index contributed by atoms with van der Waals surface area (Å²) in [5.41, 5.74) is 8.09. The minimum atomic E-state index is -0.345. The molecule has 0 bridgehead atoms. The summed E-state index contributed by atoms with van der Waals surface area (Å²) in [5, 5.41) is 4.64. The van der Waals surface area contributed by atoms with Crippen molar-refractivity contribution in [1.82, 2.24) is 9.99 Å². The fourth-order valence-electron chi connectivity index (χ4n) is 3.34. The number of hydrogen-bond donors (Lipinski definition) is 1. The molecule has 0 aliphatic rings. The Kier molecular flexibility index (Phi) is 6.86. The minimum Gasteiger partial charge on any atom is -0.484 e. The Morgan fingerprint density at radius 3 is 2.48 bits per heavy atom. The minimum absolute atomic E-state index is 0.117. The Balaban J connectivity index is 1.65. The average molecular weight is 438 g/mol. The van der Waals surface area contributed by atoms with Gasteiger partial charge in [0.25, 0.3) is 5.91 Å². The molecule has 31 heavy (non-hydrogen) atoms. The maximum atomic E-state index is 12.0. The summed E-state index contributed by atoms with van der Waals surface area (Å²) >= 11 is 5.91. The van der Waals surface area contributed by atoms with Gasteiger partial charge >= 0.3 is 0 Å². The molecular weight excluding hydrogens is 410 g/mol. The van der Waals surface area contributed by atoms with Crippen molar-refractivity contribution in [3.05, 3.63) is 82.1 Å². The van der Waals surface area contributed by atoms with Gasteiger partial charge in [0.1, 0.15) is 5.75 Å². The van der Waals surface area contributed by atoms with E-state index in [0.29, 0.717) is 10.8 Å². The molecule has 0 saturated carbocycles. The predicted molar refractivity (Wildman–Crippen MR) is 127 cm³/mol. The van der Waals surface area contributed by atoms with E-state index in [1.165, 1.54) is 5.56 Å². The Bertz CT molecular complexity index is 1090. The van der Waals surface area contributed by atoms with Crippen LogP contribution in [0.25, 0.3) is 5.69 Å². The summed E-state index contributed by atoms with van der Waals surface area (Å²) in [6.45, 7) is 10.6. The molecule has 5 nitrogen and oxygen atoms in total. The molecule has 1 amide bonds. The smallest absolute Gasteiger partial charge is 0.277 e. The molecule has 162 valence electrons. The van der Waals surface area contributed by atoms with Crippen molar-refractivity contribution in [1.29, 1.82) is 0 Å². The standard InChI is InChI=1S/C25H28ClN3O2/c1-17-13-19(15-27-28-24(30)16-31-23-8-6-7-21(26)14-23)18(2)29(17)22-11-9-20(10-12-22)25(3,4)5/h6-15H,16H2,1-5H3,(H,28,30)/b27-15+. The number of carbonyl (C=O) groups is 1. The van der Waals surface area contributed by atoms with Crippen LogP contribution in [0.3, 0.4) is 0 Å². The molecule has 3 aromatic rings. The third kappa shape index (κ3) is 5.76. The first-order valence-corrected chi connectivity index (χ1v) is 10.5. The quantitative estimate of drug-likeness (QED) is 0.404. The summed E-state index contributed by atoms with van der Waals surface area (Å²) in [6, 6.07) is 17.6. The van der Waals surface area contributed by atoms with E-state index in [4.69, 9.17) is 16.3 Å². The lowest BCUT2D eigenvalue weighted by Crippen LogP contribution is -2.24. The monoisotopic (exact) mass is 437 g/mol. The molecule has 1 heterocycles. The Morgan fingerprint density at radius 2 is 1.84 bits per heavy atom. The van der Waals surface area contributed by atoms with E-state index >= 15 is 0 Å². The zero-order chi connectivity index (χ0) is 22.6. The van der Waals surface area contributed by atoms with Crippen LogP contribution in [0.4, 0.5) is 0 Å². The van der Waals surface area contributed by atoms with Gasteiger partial charge < -0.3 is 9.30 Å². The molecule has 0 spiro atoms. The van der Waals surface area contributed by atoms with Gasteiger partial charge in [0.2, 0.25) is 0 Å². The molecule has 0 aliphatic heterocycles. The van der Waals surface area contributed by atoms with Gasteiger partial charge in [-0.1, -0.05) is 50.6 Å². The molecule has 1 aromatic heterocycles. The van der Waals surface area contributed by atoms with Crippen LogP contribution >= 0.6 is 11.6 Å². The molecule has 0 radical (unpaired) electrons. The first-order chi connectivity index (χ1) is 14.6. The highest BCUT2D eigenvalue weighted by Crippen LogP contribution is 2.25.